The van der Waals surface area contributed by atoms with E-state index in [1.165, 1.54) is 0 Å². The van der Waals surface area contributed by atoms with Crippen LogP contribution in [0.2, 0.25) is 0 Å². The van der Waals surface area contributed by atoms with Crippen LogP contribution in [0.1, 0.15) is 33.9 Å². The zero-order chi connectivity index (χ0) is 23.8. The fourth-order valence-corrected chi connectivity index (χ4v) is 3.62. The van der Waals surface area contributed by atoms with Crippen molar-refractivity contribution in [1.29, 1.82) is 0 Å². The molecule has 2 amide bonds. The molecule has 4 aromatic rings. The summed E-state index contributed by atoms with van der Waals surface area (Å²) < 4.78 is 6.02. The van der Waals surface area contributed by atoms with Crippen LogP contribution in [0.15, 0.2) is 109 Å². The summed E-state index contributed by atoms with van der Waals surface area (Å²) in [6.45, 7) is 1.99. The number of para-hydroxylation sites is 2. The maximum atomic E-state index is 13.1. The minimum absolute atomic E-state index is 0.0708. The first-order chi connectivity index (χ1) is 16.6. The maximum absolute atomic E-state index is 13.1. The molecule has 0 radical (unpaired) electrons. The second kappa shape index (κ2) is 11.0. The summed E-state index contributed by atoms with van der Waals surface area (Å²) in [4.78, 5) is 25.8. The van der Waals surface area contributed by atoms with Crippen LogP contribution in [0.4, 0.5) is 5.69 Å². The lowest BCUT2D eigenvalue weighted by atomic mass is 10.0. The summed E-state index contributed by atoms with van der Waals surface area (Å²) in [5.74, 6) is 0.776. The Morgan fingerprint density at radius 3 is 2.21 bits per heavy atom. The minimum atomic E-state index is -0.487. The molecule has 5 nitrogen and oxygen atoms in total. The fourth-order valence-electron chi connectivity index (χ4n) is 3.62. The van der Waals surface area contributed by atoms with Gasteiger partial charge < -0.3 is 15.4 Å². The van der Waals surface area contributed by atoms with Crippen molar-refractivity contribution in [3.8, 4) is 11.5 Å². The molecule has 0 bridgehead atoms. The molecule has 4 aromatic carbocycles. The number of carbonyl (C=O) groups is 2. The fraction of sp³-hybridized carbons (Fsp3) is 0.103. The molecule has 0 aliphatic rings. The van der Waals surface area contributed by atoms with Gasteiger partial charge in [-0.15, -0.1) is 0 Å². The van der Waals surface area contributed by atoms with Gasteiger partial charge in [-0.3, -0.25) is 9.59 Å². The summed E-state index contributed by atoms with van der Waals surface area (Å²) in [6, 6.07) is 33.0. The van der Waals surface area contributed by atoms with Gasteiger partial charge in [0.1, 0.15) is 5.75 Å². The third kappa shape index (κ3) is 6.11. The van der Waals surface area contributed by atoms with Gasteiger partial charge in [-0.2, -0.15) is 0 Å². The monoisotopic (exact) mass is 450 g/mol. The molecule has 0 saturated carbocycles. The van der Waals surface area contributed by atoms with E-state index < -0.39 is 6.04 Å². The van der Waals surface area contributed by atoms with Crippen molar-refractivity contribution >= 4 is 17.5 Å². The molecule has 4 rings (SSSR count). The molecule has 34 heavy (non-hydrogen) atoms. The van der Waals surface area contributed by atoms with E-state index in [0.29, 0.717) is 22.7 Å². The van der Waals surface area contributed by atoms with Crippen LogP contribution in [0.25, 0.3) is 0 Å². The van der Waals surface area contributed by atoms with Gasteiger partial charge in [0.25, 0.3) is 5.91 Å². The van der Waals surface area contributed by atoms with E-state index in [2.05, 4.69) is 10.6 Å². The van der Waals surface area contributed by atoms with E-state index in [-0.39, 0.29) is 18.2 Å². The van der Waals surface area contributed by atoms with Gasteiger partial charge in [-0.1, -0.05) is 72.8 Å². The Hall–Kier alpha value is -4.38. The highest BCUT2D eigenvalue weighted by Crippen LogP contribution is 2.30. The lowest BCUT2D eigenvalue weighted by Gasteiger charge is -2.20. The number of ether oxygens (including phenoxy) is 1. The van der Waals surface area contributed by atoms with Gasteiger partial charge in [-0.05, 0) is 54.4 Å². The lowest BCUT2D eigenvalue weighted by Crippen LogP contribution is -2.31. The zero-order valence-corrected chi connectivity index (χ0v) is 18.9. The summed E-state index contributed by atoms with van der Waals surface area (Å²) >= 11 is 0. The Morgan fingerprint density at radius 2 is 1.47 bits per heavy atom. The summed E-state index contributed by atoms with van der Waals surface area (Å²) in [5, 5.41) is 5.94. The normalized spacial score (nSPS) is 11.3. The van der Waals surface area contributed by atoms with Crippen LogP contribution in [0, 0.1) is 6.92 Å². The van der Waals surface area contributed by atoms with Crippen molar-refractivity contribution in [1.82, 2.24) is 5.32 Å². The molecular formula is C29H26N2O3. The zero-order valence-electron chi connectivity index (χ0n) is 18.9. The standard InChI is InChI=1S/C29H26N2O3/c1-21-11-10-16-24(19-21)34-27-18-9-8-17-25(27)30-28(32)20-26(22-12-4-2-5-13-22)31-29(33)23-14-6-3-7-15-23/h2-19,26H,20H2,1H3,(H,30,32)(H,31,33)/t26-/m0/s1. The first-order valence-electron chi connectivity index (χ1n) is 11.1. The van der Waals surface area contributed by atoms with E-state index >= 15 is 0 Å². The number of rotatable bonds is 8. The number of carbonyl (C=O) groups excluding carboxylic acids is 2. The predicted molar refractivity (Wildman–Crippen MR) is 134 cm³/mol. The van der Waals surface area contributed by atoms with E-state index in [1.807, 2.05) is 97.9 Å². The number of hydrogen-bond acceptors (Lipinski definition) is 3. The number of hydrogen-bond donors (Lipinski definition) is 2. The smallest absolute Gasteiger partial charge is 0.251 e. The third-order valence-electron chi connectivity index (χ3n) is 5.31. The van der Waals surface area contributed by atoms with E-state index in [9.17, 15) is 9.59 Å². The maximum Gasteiger partial charge on any atom is 0.251 e. The molecule has 170 valence electrons. The van der Waals surface area contributed by atoms with Crippen LogP contribution in [-0.2, 0) is 4.79 Å². The van der Waals surface area contributed by atoms with E-state index in [4.69, 9.17) is 4.74 Å². The highest BCUT2D eigenvalue weighted by Gasteiger charge is 2.20. The highest BCUT2D eigenvalue weighted by molar-refractivity contribution is 5.96. The molecule has 0 spiro atoms. The largest absolute Gasteiger partial charge is 0.455 e. The molecule has 2 N–H and O–H groups in total. The Balaban J connectivity index is 1.50. The Labute approximate surface area is 199 Å². The first-order valence-corrected chi connectivity index (χ1v) is 11.1. The third-order valence-corrected chi connectivity index (χ3v) is 5.31. The molecule has 1 atom stereocenters. The first kappa shape index (κ1) is 22.8. The minimum Gasteiger partial charge on any atom is -0.455 e. The van der Waals surface area contributed by atoms with Crippen molar-refractivity contribution in [2.24, 2.45) is 0 Å². The molecule has 0 aliphatic heterocycles. The Bertz CT molecular complexity index is 1260. The molecule has 0 saturated heterocycles. The quantitative estimate of drug-likeness (QED) is 0.332. The molecule has 0 fully saturated rings. The number of nitrogens with one attached hydrogen (secondary N) is 2. The SMILES string of the molecule is Cc1cccc(Oc2ccccc2NC(=O)C[C@H](NC(=O)c2ccccc2)c2ccccc2)c1. The summed E-state index contributed by atoms with van der Waals surface area (Å²) in [7, 11) is 0. The lowest BCUT2D eigenvalue weighted by molar-refractivity contribution is -0.116. The van der Waals surface area contributed by atoms with Crippen LogP contribution < -0.4 is 15.4 Å². The van der Waals surface area contributed by atoms with Crippen LogP contribution in [0.5, 0.6) is 11.5 Å². The topological polar surface area (TPSA) is 67.4 Å². The van der Waals surface area contributed by atoms with Crippen LogP contribution in [0.3, 0.4) is 0 Å². The van der Waals surface area contributed by atoms with Crippen molar-refractivity contribution in [3.63, 3.8) is 0 Å². The van der Waals surface area contributed by atoms with Gasteiger partial charge in [0, 0.05) is 5.56 Å². The van der Waals surface area contributed by atoms with Gasteiger partial charge >= 0.3 is 0 Å². The number of aryl methyl sites for hydroxylation is 1. The predicted octanol–water partition coefficient (Wildman–Crippen LogP) is 6.29. The van der Waals surface area contributed by atoms with Gasteiger partial charge in [-0.25, -0.2) is 0 Å². The Morgan fingerprint density at radius 1 is 0.794 bits per heavy atom. The molecule has 0 heterocycles. The number of amides is 2. The second-order valence-corrected chi connectivity index (χ2v) is 7.97. The van der Waals surface area contributed by atoms with Crippen LogP contribution in [-0.4, -0.2) is 11.8 Å². The van der Waals surface area contributed by atoms with Crippen LogP contribution >= 0.6 is 0 Å². The van der Waals surface area contributed by atoms with Gasteiger partial charge in [0.05, 0.1) is 18.2 Å². The number of anilines is 1. The van der Waals surface area contributed by atoms with E-state index in [0.717, 1.165) is 11.1 Å². The average molecular weight is 451 g/mol. The van der Waals surface area contributed by atoms with Crippen molar-refractivity contribution < 1.29 is 14.3 Å². The molecule has 5 heteroatoms. The van der Waals surface area contributed by atoms with Crippen molar-refractivity contribution in [2.75, 3.05) is 5.32 Å². The molecule has 0 aliphatic carbocycles. The highest BCUT2D eigenvalue weighted by atomic mass is 16.5. The van der Waals surface area contributed by atoms with E-state index in [1.54, 1.807) is 18.2 Å². The van der Waals surface area contributed by atoms with Crippen molar-refractivity contribution in [2.45, 2.75) is 19.4 Å². The second-order valence-electron chi connectivity index (χ2n) is 7.97. The van der Waals surface area contributed by atoms with Crippen molar-refractivity contribution in [3.05, 3.63) is 126 Å². The molecule has 0 aromatic heterocycles. The Kier molecular flexibility index (Phi) is 7.35. The number of benzene rings is 4. The molecule has 0 unspecified atom stereocenters. The molecular weight excluding hydrogens is 424 g/mol. The van der Waals surface area contributed by atoms with Gasteiger partial charge in [0.15, 0.2) is 5.75 Å². The van der Waals surface area contributed by atoms with Gasteiger partial charge in [0.2, 0.25) is 5.91 Å². The summed E-state index contributed by atoms with van der Waals surface area (Å²) in [6.07, 6.45) is 0.0708. The summed E-state index contributed by atoms with van der Waals surface area (Å²) in [5.41, 5.74) is 3.04. The average Bonchev–Trinajstić information content (AvgIpc) is 2.86.